The third kappa shape index (κ3) is 4.39. The average Bonchev–Trinajstić information content (AvgIpc) is 3.14. The summed E-state index contributed by atoms with van der Waals surface area (Å²) in [5.74, 6) is 0.164. The van der Waals surface area contributed by atoms with E-state index in [4.69, 9.17) is 4.74 Å². The zero-order valence-electron chi connectivity index (χ0n) is 17.9. The number of methoxy groups -OCH3 is 1. The van der Waals surface area contributed by atoms with Gasteiger partial charge < -0.3 is 15.0 Å². The molecule has 2 amide bonds. The summed E-state index contributed by atoms with van der Waals surface area (Å²) in [4.78, 5) is 39.4. The Balaban J connectivity index is 1.45. The highest BCUT2D eigenvalue weighted by Gasteiger charge is 2.32. The molecule has 1 atom stereocenters. The molecular weight excluding hydrogens is 408 g/mol. The Morgan fingerprint density at radius 2 is 1.84 bits per heavy atom. The summed E-state index contributed by atoms with van der Waals surface area (Å²) in [5.41, 5.74) is 2.40. The maximum absolute atomic E-state index is 13.2. The Bertz CT molecular complexity index is 1200. The van der Waals surface area contributed by atoms with E-state index in [2.05, 4.69) is 10.4 Å². The number of rotatable bonds is 6. The molecule has 1 aliphatic rings. The molecule has 0 saturated heterocycles. The van der Waals surface area contributed by atoms with E-state index in [-0.39, 0.29) is 42.1 Å². The number of para-hydroxylation sites is 1. The number of anilines is 2. The van der Waals surface area contributed by atoms with Gasteiger partial charge in [0.05, 0.1) is 13.7 Å². The van der Waals surface area contributed by atoms with Crippen molar-refractivity contribution in [3.63, 3.8) is 0 Å². The van der Waals surface area contributed by atoms with Crippen LogP contribution in [0, 0.1) is 0 Å². The molecule has 164 valence electrons. The minimum Gasteiger partial charge on any atom is -0.497 e. The molecule has 0 fully saturated rings. The zero-order chi connectivity index (χ0) is 22.7. The van der Waals surface area contributed by atoms with E-state index >= 15 is 0 Å². The lowest BCUT2D eigenvalue weighted by molar-refractivity contribution is -0.116. The standard InChI is InChI=1S/C24H24N4O4/c1-16-15-17-5-3-4-6-21(17)28(16)24(31)20-11-12-23(30)27(26-20)14-13-22(29)25-18-7-9-19(32-2)10-8-18/h3-12,16H,13-15H2,1-2H3,(H,25,29)/t16-/m1/s1. The first kappa shape index (κ1) is 21.3. The summed E-state index contributed by atoms with van der Waals surface area (Å²) in [7, 11) is 1.57. The van der Waals surface area contributed by atoms with Crippen molar-refractivity contribution in [2.24, 2.45) is 0 Å². The molecule has 4 rings (SSSR count). The van der Waals surface area contributed by atoms with Crippen molar-refractivity contribution in [1.29, 1.82) is 0 Å². The van der Waals surface area contributed by atoms with Crippen molar-refractivity contribution in [3.05, 3.63) is 82.3 Å². The van der Waals surface area contributed by atoms with E-state index in [0.717, 1.165) is 22.4 Å². The number of hydrogen-bond donors (Lipinski definition) is 1. The first-order valence-corrected chi connectivity index (χ1v) is 10.4. The summed E-state index contributed by atoms with van der Waals surface area (Å²) in [5, 5.41) is 7.01. The normalized spacial score (nSPS) is 14.7. The van der Waals surface area contributed by atoms with Crippen LogP contribution in [0.1, 0.15) is 29.4 Å². The van der Waals surface area contributed by atoms with Crippen LogP contribution in [0.5, 0.6) is 5.75 Å². The average molecular weight is 432 g/mol. The lowest BCUT2D eigenvalue weighted by Gasteiger charge is -2.22. The molecule has 0 spiro atoms. The number of carbonyl (C=O) groups excluding carboxylic acids is 2. The number of nitrogens with zero attached hydrogens (tertiary/aromatic N) is 3. The second kappa shape index (κ2) is 9.05. The highest BCUT2D eigenvalue weighted by atomic mass is 16.5. The topological polar surface area (TPSA) is 93.5 Å². The predicted octanol–water partition coefficient (Wildman–Crippen LogP) is 2.87. The highest BCUT2D eigenvalue weighted by molar-refractivity contribution is 6.06. The Morgan fingerprint density at radius 3 is 2.59 bits per heavy atom. The number of carbonyl (C=O) groups is 2. The molecule has 0 saturated carbocycles. The van der Waals surface area contributed by atoms with Crippen LogP contribution in [0.4, 0.5) is 11.4 Å². The molecule has 32 heavy (non-hydrogen) atoms. The second-order valence-corrected chi connectivity index (χ2v) is 7.66. The lowest BCUT2D eigenvalue weighted by Crippen LogP contribution is -2.37. The molecular formula is C24H24N4O4. The third-order valence-corrected chi connectivity index (χ3v) is 5.44. The van der Waals surface area contributed by atoms with Crippen molar-refractivity contribution in [2.45, 2.75) is 32.4 Å². The molecule has 0 bridgehead atoms. The Kier molecular flexibility index (Phi) is 6.02. The van der Waals surface area contributed by atoms with E-state index in [9.17, 15) is 14.4 Å². The number of ether oxygens (including phenoxy) is 1. The molecule has 1 N–H and O–H groups in total. The maximum Gasteiger partial charge on any atom is 0.278 e. The van der Waals surface area contributed by atoms with Crippen molar-refractivity contribution < 1.29 is 14.3 Å². The number of aryl methyl sites for hydroxylation is 1. The van der Waals surface area contributed by atoms with Gasteiger partial charge in [-0.15, -0.1) is 0 Å². The fourth-order valence-corrected chi connectivity index (χ4v) is 3.83. The van der Waals surface area contributed by atoms with E-state index < -0.39 is 0 Å². The van der Waals surface area contributed by atoms with Crippen molar-refractivity contribution in [3.8, 4) is 5.75 Å². The smallest absolute Gasteiger partial charge is 0.278 e. The molecule has 1 aliphatic heterocycles. The van der Waals surface area contributed by atoms with E-state index in [1.165, 1.54) is 12.1 Å². The van der Waals surface area contributed by atoms with Gasteiger partial charge in [0.2, 0.25) is 5.91 Å². The lowest BCUT2D eigenvalue weighted by atomic mass is 10.1. The quantitative estimate of drug-likeness (QED) is 0.647. The van der Waals surface area contributed by atoms with Crippen LogP contribution >= 0.6 is 0 Å². The van der Waals surface area contributed by atoms with E-state index in [1.807, 2.05) is 31.2 Å². The van der Waals surface area contributed by atoms with Gasteiger partial charge in [-0.05, 0) is 55.3 Å². The van der Waals surface area contributed by atoms with Crippen LogP contribution in [-0.4, -0.2) is 34.7 Å². The predicted molar refractivity (Wildman–Crippen MR) is 121 cm³/mol. The summed E-state index contributed by atoms with van der Waals surface area (Å²) in [6.07, 6.45) is 0.812. The molecule has 0 radical (unpaired) electrons. The summed E-state index contributed by atoms with van der Waals surface area (Å²) in [6.45, 7) is 2.05. The number of fused-ring (bicyclic) bond motifs is 1. The molecule has 2 aromatic carbocycles. The van der Waals surface area contributed by atoms with E-state index in [0.29, 0.717) is 11.4 Å². The van der Waals surface area contributed by atoms with Crippen LogP contribution < -0.4 is 20.5 Å². The number of amides is 2. The summed E-state index contributed by atoms with van der Waals surface area (Å²) < 4.78 is 6.26. The maximum atomic E-state index is 13.2. The fourth-order valence-electron chi connectivity index (χ4n) is 3.83. The van der Waals surface area contributed by atoms with Gasteiger partial charge in [0.25, 0.3) is 11.5 Å². The number of benzene rings is 2. The van der Waals surface area contributed by atoms with Gasteiger partial charge in [-0.25, -0.2) is 4.68 Å². The highest BCUT2D eigenvalue weighted by Crippen LogP contribution is 2.32. The summed E-state index contributed by atoms with van der Waals surface area (Å²) >= 11 is 0. The van der Waals surface area contributed by atoms with Gasteiger partial charge in [0, 0.05) is 29.9 Å². The molecule has 8 heteroatoms. The first-order chi connectivity index (χ1) is 15.5. The van der Waals surface area contributed by atoms with Gasteiger partial charge in [0.1, 0.15) is 11.4 Å². The monoisotopic (exact) mass is 432 g/mol. The SMILES string of the molecule is COc1ccc(NC(=O)CCn2nc(C(=O)N3c4ccccc4C[C@H]3C)ccc2=O)cc1. The van der Waals surface area contributed by atoms with Gasteiger partial charge in [0.15, 0.2) is 0 Å². The summed E-state index contributed by atoms with van der Waals surface area (Å²) in [6, 6.07) is 17.5. The fraction of sp³-hybridized carbons (Fsp3) is 0.250. The minimum atomic E-state index is -0.367. The molecule has 2 heterocycles. The second-order valence-electron chi connectivity index (χ2n) is 7.66. The van der Waals surface area contributed by atoms with Crippen LogP contribution in [0.25, 0.3) is 0 Å². The molecule has 3 aromatic rings. The van der Waals surface area contributed by atoms with Crippen molar-refractivity contribution >= 4 is 23.2 Å². The molecule has 1 aromatic heterocycles. The Morgan fingerprint density at radius 1 is 1.09 bits per heavy atom. The van der Waals surface area contributed by atoms with Gasteiger partial charge >= 0.3 is 0 Å². The first-order valence-electron chi connectivity index (χ1n) is 10.4. The number of nitrogens with one attached hydrogen (secondary N) is 1. The number of hydrogen-bond acceptors (Lipinski definition) is 5. The van der Waals surface area contributed by atoms with Crippen LogP contribution in [0.3, 0.4) is 0 Å². The van der Waals surface area contributed by atoms with Gasteiger partial charge in [-0.2, -0.15) is 5.10 Å². The Hall–Kier alpha value is -3.94. The van der Waals surface area contributed by atoms with Crippen LogP contribution in [-0.2, 0) is 17.8 Å². The largest absolute Gasteiger partial charge is 0.497 e. The van der Waals surface area contributed by atoms with Gasteiger partial charge in [-0.3, -0.25) is 14.4 Å². The third-order valence-electron chi connectivity index (χ3n) is 5.44. The van der Waals surface area contributed by atoms with Crippen molar-refractivity contribution in [2.75, 3.05) is 17.3 Å². The molecule has 0 unspecified atom stereocenters. The molecule has 8 nitrogen and oxygen atoms in total. The zero-order valence-corrected chi connectivity index (χ0v) is 17.9. The number of aromatic nitrogens is 2. The minimum absolute atomic E-state index is 0.00245. The van der Waals surface area contributed by atoms with Gasteiger partial charge in [-0.1, -0.05) is 18.2 Å². The molecule has 0 aliphatic carbocycles. The van der Waals surface area contributed by atoms with Crippen LogP contribution in [0.15, 0.2) is 65.5 Å². The van der Waals surface area contributed by atoms with E-state index in [1.54, 1.807) is 36.3 Å². The Labute approximate surface area is 185 Å². The van der Waals surface area contributed by atoms with Crippen LogP contribution in [0.2, 0.25) is 0 Å². The van der Waals surface area contributed by atoms with Crippen molar-refractivity contribution in [1.82, 2.24) is 9.78 Å².